The van der Waals surface area contributed by atoms with Crippen molar-refractivity contribution in [2.75, 3.05) is 6.61 Å². The van der Waals surface area contributed by atoms with Gasteiger partial charge < -0.3 is 4.74 Å². The van der Waals surface area contributed by atoms with Gasteiger partial charge >= 0.3 is 5.97 Å². The molecule has 0 radical (unpaired) electrons. The van der Waals surface area contributed by atoms with Crippen LogP contribution < -0.4 is 0 Å². The van der Waals surface area contributed by atoms with Gasteiger partial charge in [0.1, 0.15) is 5.78 Å². The summed E-state index contributed by atoms with van der Waals surface area (Å²) >= 11 is 0. The minimum atomic E-state index is -0.299. The Balaban J connectivity index is 1.77. The van der Waals surface area contributed by atoms with Crippen molar-refractivity contribution in [3.63, 3.8) is 0 Å². The third-order valence-corrected chi connectivity index (χ3v) is 3.59. The third kappa shape index (κ3) is 5.70. The van der Waals surface area contributed by atoms with Gasteiger partial charge in [-0.15, -0.1) is 0 Å². The Kier molecular flexibility index (Phi) is 6.55. The van der Waals surface area contributed by atoms with Crippen molar-refractivity contribution in [3.8, 4) is 0 Å². The molecule has 0 heterocycles. The Morgan fingerprint density at radius 1 is 1.00 bits per heavy atom. The third-order valence-electron chi connectivity index (χ3n) is 3.59. The van der Waals surface area contributed by atoms with E-state index in [0.717, 1.165) is 5.56 Å². The van der Waals surface area contributed by atoms with Crippen LogP contribution in [0.4, 0.5) is 0 Å². The van der Waals surface area contributed by atoms with Gasteiger partial charge in [0.05, 0.1) is 13.0 Å². The van der Waals surface area contributed by atoms with Gasteiger partial charge in [-0.05, 0) is 35.7 Å². The number of ketones is 1. The number of Topliss-reactive ketones (excluding diaryl/α,β-unsaturated/α-hetero) is 1. The van der Waals surface area contributed by atoms with E-state index in [1.165, 1.54) is 10.8 Å². The van der Waals surface area contributed by atoms with Crippen molar-refractivity contribution >= 4 is 28.6 Å². The highest BCUT2D eigenvalue weighted by Crippen LogP contribution is 2.16. The molecule has 0 saturated carbocycles. The van der Waals surface area contributed by atoms with Crippen LogP contribution in [0.2, 0.25) is 0 Å². The molecule has 0 aliphatic rings. The van der Waals surface area contributed by atoms with Crippen molar-refractivity contribution in [3.05, 3.63) is 54.1 Å². The summed E-state index contributed by atoms with van der Waals surface area (Å²) < 4.78 is 4.81. The van der Waals surface area contributed by atoms with Crippen LogP contribution in [0.15, 0.2) is 48.5 Å². The topological polar surface area (TPSA) is 43.4 Å². The van der Waals surface area contributed by atoms with Crippen LogP contribution in [-0.4, -0.2) is 18.4 Å². The molecule has 0 bridgehead atoms. The molecule has 0 amide bonds. The van der Waals surface area contributed by atoms with E-state index in [0.29, 0.717) is 19.4 Å². The Morgan fingerprint density at radius 2 is 1.78 bits per heavy atom. The van der Waals surface area contributed by atoms with E-state index in [-0.39, 0.29) is 24.6 Å². The highest BCUT2D eigenvalue weighted by Gasteiger charge is 2.06. The van der Waals surface area contributed by atoms with E-state index in [1.54, 1.807) is 6.92 Å². The predicted octanol–water partition coefficient (Wildman–Crippen LogP) is 4.55. The van der Waals surface area contributed by atoms with E-state index in [1.807, 2.05) is 24.3 Å². The second-order valence-corrected chi connectivity index (χ2v) is 5.39. The van der Waals surface area contributed by atoms with Gasteiger partial charge in [0.15, 0.2) is 0 Å². The molecule has 2 rings (SSSR count). The minimum absolute atomic E-state index is 0.0983. The number of hydrogen-bond acceptors (Lipinski definition) is 3. The molecular formula is C20H22O3. The van der Waals surface area contributed by atoms with Crippen LogP contribution in [0.3, 0.4) is 0 Å². The lowest BCUT2D eigenvalue weighted by Crippen LogP contribution is -2.07. The maximum absolute atomic E-state index is 11.7. The zero-order valence-electron chi connectivity index (χ0n) is 13.5. The number of carbonyl (C=O) groups excluding carboxylic acids is 2. The molecule has 0 aromatic heterocycles. The molecule has 0 unspecified atom stereocenters. The van der Waals surface area contributed by atoms with E-state index in [4.69, 9.17) is 4.74 Å². The molecule has 0 spiro atoms. The first-order valence-corrected chi connectivity index (χ1v) is 8.01. The predicted molar refractivity (Wildman–Crippen MR) is 93.1 cm³/mol. The Bertz CT molecular complexity index is 701. The lowest BCUT2D eigenvalue weighted by Gasteiger charge is -2.01. The van der Waals surface area contributed by atoms with Crippen molar-refractivity contribution < 1.29 is 14.3 Å². The fourth-order valence-corrected chi connectivity index (χ4v) is 2.37. The molecule has 0 N–H and O–H groups in total. The molecule has 2 aromatic rings. The zero-order valence-corrected chi connectivity index (χ0v) is 13.5. The van der Waals surface area contributed by atoms with Crippen molar-refractivity contribution in [2.24, 2.45) is 0 Å². The standard InChI is InChI=1S/C20H22O3/c1-2-23-20(22)14-13-19(21)10-6-3-7-16-11-12-17-8-4-5-9-18(17)15-16/h3-5,7-9,11-12,15H,2,6,10,13-14H2,1H3/b7-3+. The van der Waals surface area contributed by atoms with Crippen molar-refractivity contribution in [1.82, 2.24) is 0 Å². The van der Waals surface area contributed by atoms with Gasteiger partial charge in [-0.25, -0.2) is 0 Å². The summed E-state index contributed by atoms with van der Waals surface area (Å²) in [4.78, 5) is 22.9. The van der Waals surface area contributed by atoms with E-state index in [2.05, 4.69) is 30.3 Å². The van der Waals surface area contributed by atoms with Crippen LogP contribution in [0, 0.1) is 0 Å². The lowest BCUT2D eigenvalue weighted by molar-refractivity contribution is -0.144. The highest BCUT2D eigenvalue weighted by molar-refractivity contribution is 5.85. The Labute approximate surface area is 137 Å². The first-order valence-electron chi connectivity index (χ1n) is 8.01. The largest absolute Gasteiger partial charge is 0.466 e. The van der Waals surface area contributed by atoms with Crippen molar-refractivity contribution in [2.45, 2.75) is 32.6 Å². The Morgan fingerprint density at radius 3 is 2.57 bits per heavy atom. The molecule has 0 atom stereocenters. The summed E-state index contributed by atoms with van der Waals surface area (Å²) in [6.07, 6.45) is 5.64. The molecule has 0 aliphatic carbocycles. The maximum atomic E-state index is 11.7. The fourth-order valence-electron chi connectivity index (χ4n) is 2.37. The summed E-state index contributed by atoms with van der Waals surface area (Å²) in [5.41, 5.74) is 1.13. The number of esters is 1. The summed E-state index contributed by atoms with van der Waals surface area (Å²) in [6.45, 7) is 2.12. The number of rotatable bonds is 8. The van der Waals surface area contributed by atoms with Crippen LogP contribution in [0.25, 0.3) is 16.8 Å². The SMILES string of the molecule is CCOC(=O)CCC(=O)CC/C=C/c1ccc2ccccc2c1. The first-order chi connectivity index (χ1) is 11.2. The molecule has 120 valence electrons. The average Bonchev–Trinajstić information content (AvgIpc) is 2.57. The molecule has 0 fully saturated rings. The quantitative estimate of drug-likeness (QED) is 0.672. The lowest BCUT2D eigenvalue weighted by atomic mass is 10.1. The zero-order chi connectivity index (χ0) is 16.5. The van der Waals surface area contributed by atoms with Crippen LogP contribution in [-0.2, 0) is 14.3 Å². The number of allylic oxidation sites excluding steroid dienone is 1. The van der Waals surface area contributed by atoms with E-state index >= 15 is 0 Å². The normalized spacial score (nSPS) is 11.0. The van der Waals surface area contributed by atoms with Gasteiger partial charge in [0, 0.05) is 12.8 Å². The van der Waals surface area contributed by atoms with E-state index < -0.39 is 0 Å². The van der Waals surface area contributed by atoms with E-state index in [9.17, 15) is 9.59 Å². The average molecular weight is 310 g/mol. The minimum Gasteiger partial charge on any atom is -0.466 e. The van der Waals surface area contributed by atoms with Gasteiger partial charge in [-0.3, -0.25) is 9.59 Å². The fraction of sp³-hybridized carbons (Fsp3) is 0.300. The second kappa shape index (κ2) is 8.89. The molecule has 0 saturated heterocycles. The summed E-state index contributed by atoms with van der Waals surface area (Å²) in [6, 6.07) is 14.5. The molecular weight excluding hydrogens is 288 g/mol. The van der Waals surface area contributed by atoms with Gasteiger partial charge in [-0.2, -0.15) is 0 Å². The highest BCUT2D eigenvalue weighted by atomic mass is 16.5. The molecule has 23 heavy (non-hydrogen) atoms. The van der Waals surface area contributed by atoms with Gasteiger partial charge in [0.2, 0.25) is 0 Å². The second-order valence-electron chi connectivity index (χ2n) is 5.39. The number of carbonyl (C=O) groups is 2. The molecule has 0 aliphatic heterocycles. The number of benzene rings is 2. The maximum Gasteiger partial charge on any atom is 0.306 e. The van der Waals surface area contributed by atoms with Crippen LogP contribution >= 0.6 is 0 Å². The number of hydrogen-bond donors (Lipinski definition) is 0. The smallest absolute Gasteiger partial charge is 0.306 e. The van der Waals surface area contributed by atoms with Crippen molar-refractivity contribution in [1.29, 1.82) is 0 Å². The summed E-state index contributed by atoms with van der Waals surface area (Å²) in [7, 11) is 0. The molecule has 2 aromatic carbocycles. The number of ether oxygens (including phenoxy) is 1. The Hall–Kier alpha value is -2.42. The molecule has 3 nitrogen and oxygen atoms in total. The van der Waals surface area contributed by atoms with Crippen LogP contribution in [0.1, 0.15) is 38.2 Å². The van der Waals surface area contributed by atoms with Gasteiger partial charge in [0.25, 0.3) is 0 Å². The summed E-state index contributed by atoms with van der Waals surface area (Å²) in [5.74, 6) is -0.200. The number of fused-ring (bicyclic) bond motifs is 1. The first kappa shape index (κ1) is 16.9. The van der Waals surface area contributed by atoms with Gasteiger partial charge in [-0.1, -0.05) is 48.6 Å². The monoisotopic (exact) mass is 310 g/mol. The summed E-state index contributed by atoms with van der Waals surface area (Å²) in [5, 5.41) is 2.43. The van der Waals surface area contributed by atoms with Crippen LogP contribution in [0.5, 0.6) is 0 Å². The molecule has 3 heteroatoms.